The number of fused-ring (bicyclic) bond motifs is 1. The number of ether oxygens (including phenoxy) is 2. The maximum absolute atomic E-state index is 13.5. The molecule has 4 rings (SSSR count). The Morgan fingerprint density at radius 2 is 1.84 bits per heavy atom. The lowest BCUT2D eigenvalue weighted by atomic mass is 9.83. The van der Waals surface area contributed by atoms with E-state index in [0.717, 1.165) is 56.7 Å². The molecule has 1 aliphatic carbocycles. The highest BCUT2D eigenvalue weighted by molar-refractivity contribution is 9.10. The lowest BCUT2D eigenvalue weighted by Crippen LogP contribution is -2.39. The fourth-order valence-electron chi connectivity index (χ4n) is 5.81. The molecule has 43 heavy (non-hydrogen) atoms. The summed E-state index contributed by atoms with van der Waals surface area (Å²) in [6.45, 7) is 4.32. The minimum atomic E-state index is -3.96. The second kappa shape index (κ2) is 13.8. The molecule has 0 unspecified atom stereocenters. The summed E-state index contributed by atoms with van der Waals surface area (Å²) in [4.78, 5) is 26.6. The third kappa shape index (κ3) is 7.61. The van der Waals surface area contributed by atoms with Crippen LogP contribution in [0.3, 0.4) is 0 Å². The van der Waals surface area contributed by atoms with Crippen LogP contribution in [0.5, 0.6) is 5.75 Å². The van der Waals surface area contributed by atoms with Crippen molar-refractivity contribution in [1.82, 2.24) is 13.6 Å². The third-order valence-corrected chi connectivity index (χ3v) is 10.6. The van der Waals surface area contributed by atoms with Crippen molar-refractivity contribution in [3.63, 3.8) is 0 Å². The van der Waals surface area contributed by atoms with Crippen molar-refractivity contribution in [2.24, 2.45) is 5.41 Å². The number of carbonyl (C=O) groups excluding carboxylic acids is 2. The van der Waals surface area contributed by atoms with Crippen LogP contribution in [0.2, 0.25) is 0 Å². The van der Waals surface area contributed by atoms with Gasteiger partial charge < -0.3 is 14.0 Å². The number of hydrogen-bond acceptors (Lipinski definition) is 6. The lowest BCUT2D eigenvalue weighted by Gasteiger charge is -2.28. The predicted molar refractivity (Wildman–Crippen MR) is 172 cm³/mol. The number of nitrogens with zero attached hydrogens (tertiary/aromatic N) is 2. The molecule has 0 radical (unpaired) electrons. The molecule has 1 aliphatic rings. The van der Waals surface area contributed by atoms with E-state index < -0.39 is 21.5 Å². The Labute approximate surface area is 263 Å². The van der Waals surface area contributed by atoms with Crippen molar-refractivity contribution >= 4 is 48.9 Å². The highest BCUT2D eigenvalue weighted by Gasteiger charge is 2.36. The van der Waals surface area contributed by atoms with Crippen LogP contribution >= 0.6 is 15.9 Å². The Bertz CT molecular complexity index is 1580. The van der Waals surface area contributed by atoms with E-state index in [1.807, 2.05) is 35.8 Å². The standard InChI is InChI=1S/C32H42BrN3O6S/c1-6-42-31(38)32(2,17-16-23-18-25(41-5)13-15-28(23)33)21-36-20-27(22-10-8-7-9-11-22)26-14-12-24(19-29(26)36)30(37)34-43(39,40)35(3)4/h12-15,18-20,22H,6-11,16-17,21H2,1-5H3,(H,34,37)/t32-/m0/s1. The Morgan fingerprint density at radius 1 is 1.12 bits per heavy atom. The van der Waals surface area contributed by atoms with Crippen molar-refractivity contribution < 1.29 is 27.5 Å². The summed E-state index contributed by atoms with van der Waals surface area (Å²) in [7, 11) is 0.393. The highest BCUT2D eigenvalue weighted by Crippen LogP contribution is 2.39. The van der Waals surface area contributed by atoms with Gasteiger partial charge in [-0.1, -0.05) is 41.3 Å². The highest BCUT2D eigenvalue weighted by atomic mass is 79.9. The van der Waals surface area contributed by atoms with Gasteiger partial charge in [0.1, 0.15) is 5.75 Å². The van der Waals surface area contributed by atoms with Crippen molar-refractivity contribution in [3.05, 3.63) is 63.8 Å². The summed E-state index contributed by atoms with van der Waals surface area (Å²) in [5, 5.41) is 1.01. The Balaban J connectivity index is 1.75. The van der Waals surface area contributed by atoms with E-state index in [1.165, 1.54) is 26.1 Å². The van der Waals surface area contributed by atoms with E-state index in [2.05, 4.69) is 26.8 Å². The van der Waals surface area contributed by atoms with E-state index in [0.29, 0.717) is 25.3 Å². The average molecular weight is 677 g/mol. The van der Waals surface area contributed by atoms with Crippen molar-refractivity contribution in [2.45, 2.75) is 71.3 Å². The molecule has 0 saturated heterocycles. The van der Waals surface area contributed by atoms with Gasteiger partial charge in [0.05, 0.1) is 19.1 Å². The van der Waals surface area contributed by atoms with Crippen LogP contribution < -0.4 is 9.46 Å². The number of rotatable bonds is 12. The normalized spacial score (nSPS) is 15.8. The zero-order valence-electron chi connectivity index (χ0n) is 25.6. The molecule has 0 spiro atoms. The second-order valence-corrected chi connectivity index (χ2v) is 14.5. The lowest BCUT2D eigenvalue weighted by molar-refractivity contribution is -0.155. The van der Waals surface area contributed by atoms with Gasteiger partial charge in [0.15, 0.2) is 0 Å². The summed E-state index contributed by atoms with van der Waals surface area (Å²) in [6.07, 6.45) is 8.96. The monoisotopic (exact) mass is 675 g/mol. The number of carbonyl (C=O) groups is 2. The van der Waals surface area contributed by atoms with Crippen LogP contribution in [0.15, 0.2) is 47.1 Å². The van der Waals surface area contributed by atoms with Crippen LogP contribution in [-0.4, -0.2) is 57.0 Å². The average Bonchev–Trinajstić information content (AvgIpc) is 3.34. The minimum absolute atomic E-state index is 0.227. The van der Waals surface area contributed by atoms with Gasteiger partial charge in [-0.3, -0.25) is 9.59 Å². The van der Waals surface area contributed by atoms with Gasteiger partial charge in [0, 0.05) is 47.8 Å². The SMILES string of the molecule is CCOC(=O)[C@@](C)(CCc1cc(OC)ccc1Br)Cn1cc(C2CCCCC2)c2ccc(C(=O)NS(=O)(=O)N(C)C)cc21. The number of amides is 1. The zero-order chi connectivity index (χ0) is 31.4. The van der Waals surface area contributed by atoms with Crippen LogP contribution in [-0.2, 0) is 32.7 Å². The summed E-state index contributed by atoms with van der Waals surface area (Å²) >= 11 is 3.63. The van der Waals surface area contributed by atoms with E-state index in [9.17, 15) is 18.0 Å². The first-order valence-corrected chi connectivity index (χ1v) is 17.0. The first-order chi connectivity index (χ1) is 20.4. The number of nitrogens with one attached hydrogen (secondary N) is 1. The van der Waals surface area contributed by atoms with Gasteiger partial charge in [-0.05, 0) is 86.9 Å². The summed E-state index contributed by atoms with van der Waals surface area (Å²) in [6, 6.07) is 11.1. The minimum Gasteiger partial charge on any atom is -0.497 e. The quantitative estimate of drug-likeness (QED) is 0.229. The molecular weight excluding hydrogens is 634 g/mol. The molecule has 1 heterocycles. The Hall–Kier alpha value is -2.89. The van der Waals surface area contributed by atoms with Gasteiger partial charge >= 0.3 is 16.2 Å². The molecule has 1 saturated carbocycles. The van der Waals surface area contributed by atoms with Crippen LogP contribution in [0.4, 0.5) is 0 Å². The fourth-order valence-corrected chi connectivity index (χ4v) is 6.79. The maximum Gasteiger partial charge on any atom is 0.313 e. The number of halogens is 1. The number of esters is 1. The van der Waals surface area contributed by atoms with Crippen molar-refractivity contribution in [2.75, 3.05) is 27.8 Å². The summed E-state index contributed by atoms with van der Waals surface area (Å²) < 4.78 is 41.8. The molecule has 2 aromatic carbocycles. The van der Waals surface area contributed by atoms with E-state index in [-0.39, 0.29) is 18.1 Å². The number of hydrogen-bond donors (Lipinski definition) is 1. The second-order valence-electron chi connectivity index (χ2n) is 11.7. The molecule has 3 aromatic rings. The maximum atomic E-state index is 13.5. The van der Waals surface area contributed by atoms with Crippen LogP contribution in [0.1, 0.15) is 79.8 Å². The molecule has 1 N–H and O–H groups in total. The van der Waals surface area contributed by atoms with Gasteiger partial charge in [0.2, 0.25) is 0 Å². The largest absolute Gasteiger partial charge is 0.497 e. The topological polar surface area (TPSA) is 107 Å². The smallest absolute Gasteiger partial charge is 0.313 e. The molecule has 0 bridgehead atoms. The van der Waals surface area contributed by atoms with E-state index in [4.69, 9.17) is 9.47 Å². The number of methoxy groups -OCH3 is 1. The van der Waals surface area contributed by atoms with Crippen LogP contribution in [0.25, 0.3) is 10.9 Å². The zero-order valence-corrected chi connectivity index (χ0v) is 28.0. The first kappa shape index (κ1) is 33.0. The Morgan fingerprint density at radius 3 is 2.49 bits per heavy atom. The molecule has 1 fully saturated rings. The van der Waals surface area contributed by atoms with Gasteiger partial charge in [-0.25, -0.2) is 4.72 Å². The van der Waals surface area contributed by atoms with E-state index in [1.54, 1.807) is 26.2 Å². The van der Waals surface area contributed by atoms with Crippen molar-refractivity contribution in [1.29, 1.82) is 0 Å². The molecule has 1 amide bonds. The molecule has 234 valence electrons. The third-order valence-electron chi connectivity index (χ3n) is 8.41. The first-order valence-electron chi connectivity index (χ1n) is 14.8. The summed E-state index contributed by atoms with van der Waals surface area (Å²) in [5.41, 5.74) is 2.35. The van der Waals surface area contributed by atoms with Crippen molar-refractivity contribution in [3.8, 4) is 5.75 Å². The molecule has 9 nitrogen and oxygen atoms in total. The fraction of sp³-hybridized carbons (Fsp3) is 0.500. The van der Waals surface area contributed by atoms with Gasteiger partial charge in [0.25, 0.3) is 5.91 Å². The molecular formula is C32H42BrN3O6S. The number of benzene rings is 2. The number of aromatic nitrogens is 1. The molecule has 0 aliphatic heterocycles. The molecule has 1 atom stereocenters. The molecule has 1 aromatic heterocycles. The van der Waals surface area contributed by atoms with E-state index >= 15 is 0 Å². The van der Waals surface area contributed by atoms with Gasteiger partial charge in [-0.15, -0.1) is 0 Å². The van der Waals surface area contributed by atoms with Crippen LogP contribution in [0, 0.1) is 5.41 Å². The number of aryl methyl sites for hydroxylation is 1. The Kier molecular flexibility index (Phi) is 10.6. The predicted octanol–water partition coefficient (Wildman–Crippen LogP) is 6.20. The summed E-state index contributed by atoms with van der Waals surface area (Å²) in [5.74, 6) is 0.124. The van der Waals surface area contributed by atoms with Gasteiger partial charge in [-0.2, -0.15) is 12.7 Å². The molecule has 11 heteroatoms.